The van der Waals surface area contributed by atoms with Crippen LogP contribution in [0.5, 0.6) is 0 Å². The van der Waals surface area contributed by atoms with E-state index in [0.717, 1.165) is 37.5 Å². The van der Waals surface area contributed by atoms with Gasteiger partial charge in [0.15, 0.2) is 5.96 Å². The molecule has 0 spiro atoms. The molecule has 1 amide bonds. The summed E-state index contributed by atoms with van der Waals surface area (Å²) in [6, 6.07) is 7.69. The van der Waals surface area contributed by atoms with E-state index >= 15 is 0 Å². The number of nitrogens with zero attached hydrogens (tertiary/aromatic N) is 2. The molecule has 0 saturated heterocycles. The van der Waals surface area contributed by atoms with Gasteiger partial charge < -0.3 is 20.9 Å². The van der Waals surface area contributed by atoms with Gasteiger partial charge in [-0.1, -0.05) is 38.8 Å². The minimum atomic E-state index is -0.0371. The van der Waals surface area contributed by atoms with E-state index in [1.165, 1.54) is 0 Å². The first-order valence-corrected chi connectivity index (χ1v) is 9.46. The number of hydrogen-bond acceptors (Lipinski definition) is 3. The van der Waals surface area contributed by atoms with Crippen molar-refractivity contribution in [2.24, 2.45) is 10.9 Å². The van der Waals surface area contributed by atoms with Crippen LogP contribution >= 0.6 is 0 Å². The molecule has 3 N–H and O–H groups in total. The van der Waals surface area contributed by atoms with Crippen LogP contribution in [0, 0.1) is 5.92 Å². The first-order chi connectivity index (χ1) is 12.5. The minimum Gasteiger partial charge on any atom is -0.356 e. The van der Waals surface area contributed by atoms with Gasteiger partial charge in [-0.15, -0.1) is 0 Å². The maximum Gasteiger partial charge on any atom is 0.251 e. The number of rotatable bonds is 10. The Morgan fingerprint density at radius 2 is 1.88 bits per heavy atom. The maximum absolute atomic E-state index is 12.2. The Labute approximate surface area is 158 Å². The summed E-state index contributed by atoms with van der Waals surface area (Å²) in [5.41, 5.74) is 1.73. The number of carbonyl (C=O) groups is 1. The Morgan fingerprint density at radius 3 is 2.50 bits per heavy atom. The zero-order valence-corrected chi connectivity index (χ0v) is 16.9. The molecule has 1 aromatic carbocycles. The van der Waals surface area contributed by atoms with Crippen molar-refractivity contribution in [3.8, 4) is 0 Å². The van der Waals surface area contributed by atoms with Crippen LogP contribution in [0.2, 0.25) is 0 Å². The number of guanidine groups is 1. The highest BCUT2D eigenvalue weighted by Crippen LogP contribution is 2.06. The van der Waals surface area contributed by atoms with Crippen LogP contribution in [0.4, 0.5) is 0 Å². The highest BCUT2D eigenvalue weighted by molar-refractivity contribution is 5.94. The second kappa shape index (κ2) is 12.3. The third kappa shape index (κ3) is 8.34. The van der Waals surface area contributed by atoms with Crippen molar-refractivity contribution < 1.29 is 4.79 Å². The van der Waals surface area contributed by atoms with Gasteiger partial charge in [0.05, 0.1) is 0 Å². The van der Waals surface area contributed by atoms with E-state index < -0.39 is 0 Å². The molecule has 6 heteroatoms. The van der Waals surface area contributed by atoms with E-state index in [9.17, 15) is 4.79 Å². The maximum atomic E-state index is 12.2. The molecule has 146 valence electrons. The number of carbonyl (C=O) groups excluding carboxylic acids is 1. The molecule has 0 aliphatic heterocycles. The number of aliphatic imine (C=N–C) groups is 1. The Hall–Kier alpha value is -2.08. The van der Waals surface area contributed by atoms with E-state index in [1.54, 1.807) is 7.05 Å². The average Bonchev–Trinajstić information content (AvgIpc) is 2.64. The van der Waals surface area contributed by atoms with E-state index in [0.29, 0.717) is 24.6 Å². The molecule has 0 bridgehead atoms. The summed E-state index contributed by atoms with van der Waals surface area (Å²) in [6.45, 7) is 7.43. The lowest BCUT2D eigenvalue weighted by Crippen LogP contribution is -2.39. The molecule has 0 aliphatic carbocycles. The molecular formula is C20H35N5O. The summed E-state index contributed by atoms with van der Waals surface area (Å²) < 4.78 is 0. The monoisotopic (exact) mass is 361 g/mol. The lowest BCUT2D eigenvalue weighted by Gasteiger charge is -2.17. The van der Waals surface area contributed by atoms with Gasteiger partial charge in [0.25, 0.3) is 5.91 Å². The van der Waals surface area contributed by atoms with Crippen LogP contribution in [0.15, 0.2) is 29.3 Å². The Bertz CT molecular complexity index is 567. The molecule has 0 saturated carbocycles. The van der Waals surface area contributed by atoms with Crippen LogP contribution in [0.25, 0.3) is 0 Å². The molecule has 0 fully saturated rings. The molecule has 0 unspecified atom stereocenters. The predicted molar refractivity (Wildman–Crippen MR) is 110 cm³/mol. The van der Waals surface area contributed by atoms with Crippen molar-refractivity contribution >= 4 is 11.9 Å². The molecule has 0 aliphatic rings. The van der Waals surface area contributed by atoms with Crippen molar-refractivity contribution in [2.75, 3.05) is 40.8 Å². The fraction of sp³-hybridized carbons (Fsp3) is 0.600. The second-order valence-electron chi connectivity index (χ2n) is 6.75. The van der Waals surface area contributed by atoms with E-state index in [2.05, 4.69) is 34.8 Å². The quantitative estimate of drug-likeness (QED) is 0.441. The summed E-state index contributed by atoms with van der Waals surface area (Å²) in [6.07, 6.45) is 2.32. The average molecular weight is 362 g/mol. The SMILES string of the molecule is CCC(CC)CNC(=NC)NCc1cccc(C(=O)NCCN(C)C)c1. The topological polar surface area (TPSA) is 68.8 Å². The lowest BCUT2D eigenvalue weighted by atomic mass is 10.0. The Balaban J connectivity index is 2.53. The smallest absolute Gasteiger partial charge is 0.251 e. The molecular weight excluding hydrogens is 326 g/mol. The van der Waals surface area contributed by atoms with Crippen LogP contribution in [-0.2, 0) is 6.54 Å². The lowest BCUT2D eigenvalue weighted by molar-refractivity contribution is 0.0951. The summed E-state index contributed by atoms with van der Waals surface area (Å²) in [5.74, 6) is 1.41. The van der Waals surface area contributed by atoms with Gasteiger partial charge in [-0.05, 0) is 37.7 Å². The van der Waals surface area contributed by atoms with Gasteiger partial charge in [0.1, 0.15) is 0 Å². The highest BCUT2D eigenvalue weighted by atomic mass is 16.1. The summed E-state index contributed by atoms with van der Waals surface area (Å²) in [7, 11) is 5.75. The van der Waals surface area contributed by atoms with Crippen LogP contribution < -0.4 is 16.0 Å². The van der Waals surface area contributed by atoms with Gasteiger partial charge in [-0.25, -0.2) is 0 Å². The number of nitrogens with one attached hydrogen (secondary N) is 3. The third-order valence-electron chi connectivity index (χ3n) is 4.43. The van der Waals surface area contributed by atoms with E-state index in [-0.39, 0.29) is 5.91 Å². The van der Waals surface area contributed by atoms with Gasteiger partial charge in [0, 0.05) is 38.8 Å². The second-order valence-corrected chi connectivity index (χ2v) is 6.75. The van der Waals surface area contributed by atoms with Crippen molar-refractivity contribution in [2.45, 2.75) is 33.2 Å². The molecule has 0 radical (unpaired) electrons. The summed E-state index contributed by atoms with van der Waals surface area (Å²) in [5, 5.41) is 9.63. The fourth-order valence-electron chi connectivity index (χ4n) is 2.54. The zero-order chi connectivity index (χ0) is 19.4. The highest BCUT2D eigenvalue weighted by Gasteiger charge is 2.07. The standard InChI is InChI=1S/C20H35N5O/c1-6-16(7-2)14-23-20(21-3)24-15-17-9-8-10-18(13-17)19(26)22-11-12-25(4)5/h8-10,13,16H,6-7,11-12,14-15H2,1-5H3,(H,22,26)(H2,21,23,24). The summed E-state index contributed by atoms with van der Waals surface area (Å²) in [4.78, 5) is 18.5. The number of hydrogen-bond donors (Lipinski definition) is 3. The van der Waals surface area contributed by atoms with E-state index in [1.807, 2.05) is 43.3 Å². The van der Waals surface area contributed by atoms with Gasteiger partial charge in [-0.2, -0.15) is 0 Å². The van der Waals surface area contributed by atoms with Crippen molar-refractivity contribution in [1.29, 1.82) is 0 Å². The van der Waals surface area contributed by atoms with Crippen molar-refractivity contribution in [3.05, 3.63) is 35.4 Å². The van der Waals surface area contributed by atoms with Gasteiger partial charge in [0.2, 0.25) is 0 Å². The Morgan fingerprint density at radius 1 is 1.15 bits per heavy atom. The molecule has 1 rings (SSSR count). The largest absolute Gasteiger partial charge is 0.356 e. The first-order valence-electron chi connectivity index (χ1n) is 9.46. The third-order valence-corrected chi connectivity index (χ3v) is 4.43. The van der Waals surface area contributed by atoms with Crippen molar-refractivity contribution in [1.82, 2.24) is 20.9 Å². The summed E-state index contributed by atoms with van der Waals surface area (Å²) >= 11 is 0. The van der Waals surface area contributed by atoms with Gasteiger partial charge in [-0.3, -0.25) is 9.79 Å². The van der Waals surface area contributed by atoms with Crippen molar-refractivity contribution in [3.63, 3.8) is 0 Å². The number of amides is 1. The minimum absolute atomic E-state index is 0.0371. The predicted octanol–water partition coefficient (Wildman–Crippen LogP) is 2.08. The number of likely N-dealkylation sites (N-methyl/N-ethyl adjacent to an activating group) is 1. The molecule has 0 atom stereocenters. The first kappa shape index (κ1) is 22.0. The zero-order valence-electron chi connectivity index (χ0n) is 16.9. The van der Waals surface area contributed by atoms with E-state index in [4.69, 9.17) is 0 Å². The molecule has 1 aromatic rings. The molecule has 0 heterocycles. The normalized spacial score (nSPS) is 11.7. The number of benzene rings is 1. The molecule has 0 aromatic heterocycles. The Kier molecular flexibility index (Phi) is 10.4. The van der Waals surface area contributed by atoms with Crippen LogP contribution in [0.1, 0.15) is 42.6 Å². The molecule has 6 nitrogen and oxygen atoms in total. The van der Waals surface area contributed by atoms with Gasteiger partial charge >= 0.3 is 0 Å². The van der Waals surface area contributed by atoms with Crippen LogP contribution in [-0.4, -0.2) is 57.5 Å². The fourth-order valence-corrected chi connectivity index (χ4v) is 2.54. The molecule has 26 heavy (non-hydrogen) atoms. The van der Waals surface area contributed by atoms with Crippen LogP contribution in [0.3, 0.4) is 0 Å².